The molecule has 214 valence electrons. The van der Waals surface area contributed by atoms with E-state index in [0.29, 0.717) is 35.7 Å². The number of rotatable bonds is 6. The average Bonchev–Trinajstić information content (AvgIpc) is 3.58. The zero-order chi connectivity index (χ0) is 28.8. The van der Waals surface area contributed by atoms with Crippen LogP contribution in [0.3, 0.4) is 0 Å². The Kier molecular flexibility index (Phi) is 7.52. The van der Waals surface area contributed by atoms with Gasteiger partial charge in [0.15, 0.2) is 9.84 Å². The van der Waals surface area contributed by atoms with E-state index >= 15 is 0 Å². The highest BCUT2D eigenvalue weighted by atomic mass is 32.2. The molecular weight excluding hydrogens is 565 g/mol. The molecule has 4 heterocycles. The lowest BCUT2D eigenvalue weighted by atomic mass is 10.1. The van der Waals surface area contributed by atoms with E-state index in [9.17, 15) is 26.4 Å². The van der Waals surface area contributed by atoms with Gasteiger partial charge in [-0.2, -0.15) is 13.2 Å². The molecule has 14 heteroatoms. The molecule has 1 fully saturated rings. The van der Waals surface area contributed by atoms with Gasteiger partial charge in [0.2, 0.25) is 5.95 Å². The van der Waals surface area contributed by atoms with Crippen LogP contribution in [0.25, 0.3) is 10.6 Å². The first kappa shape index (κ1) is 28.3. The number of aromatic nitrogens is 2. The second-order valence-corrected chi connectivity index (χ2v) is 13.0. The molecule has 1 atom stereocenters. The number of nitrogens with one attached hydrogen (secondary N) is 2. The summed E-state index contributed by atoms with van der Waals surface area (Å²) in [6.07, 6.45) is -2.42. The maximum absolute atomic E-state index is 14.0. The summed E-state index contributed by atoms with van der Waals surface area (Å²) in [5.41, 5.74) is 1.05. The lowest BCUT2D eigenvalue weighted by molar-refractivity contribution is -0.137. The highest BCUT2D eigenvalue weighted by Crippen LogP contribution is 2.42. The minimum absolute atomic E-state index is 0.000335. The van der Waals surface area contributed by atoms with E-state index in [1.54, 1.807) is 0 Å². The molecule has 0 aliphatic carbocycles. The Morgan fingerprint density at radius 1 is 1.20 bits per heavy atom. The zero-order valence-corrected chi connectivity index (χ0v) is 23.8. The summed E-state index contributed by atoms with van der Waals surface area (Å²) in [4.78, 5) is 24.0. The van der Waals surface area contributed by atoms with E-state index in [2.05, 4.69) is 31.6 Å². The molecule has 2 aliphatic rings. The van der Waals surface area contributed by atoms with Crippen molar-refractivity contribution in [2.24, 2.45) is 0 Å². The van der Waals surface area contributed by atoms with E-state index < -0.39 is 33.2 Å². The molecule has 1 amide bonds. The van der Waals surface area contributed by atoms with E-state index in [1.807, 2.05) is 26.1 Å². The number of carbonyl (C=O) groups is 1. The van der Waals surface area contributed by atoms with E-state index in [0.717, 1.165) is 36.8 Å². The van der Waals surface area contributed by atoms with E-state index in [4.69, 9.17) is 0 Å². The highest BCUT2D eigenvalue weighted by molar-refractivity contribution is 7.91. The van der Waals surface area contributed by atoms with Gasteiger partial charge in [-0.15, -0.1) is 11.3 Å². The molecule has 2 N–H and O–H groups in total. The first-order valence-corrected chi connectivity index (χ1v) is 15.3. The molecule has 3 aromatic rings. The highest BCUT2D eigenvalue weighted by Gasteiger charge is 2.38. The van der Waals surface area contributed by atoms with Crippen LogP contribution in [0.2, 0.25) is 0 Å². The molecule has 9 nitrogen and oxygen atoms in total. The van der Waals surface area contributed by atoms with Gasteiger partial charge >= 0.3 is 6.18 Å². The van der Waals surface area contributed by atoms with Gasteiger partial charge in [-0.25, -0.2) is 18.4 Å². The first-order chi connectivity index (χ1) is 18.9. The average molecular weight is 595 g/mol. The number of aryl methyl sites for hydroxylation is 1. The van der Waals surface area contributed by atoms with Crippen LogP contribution in [0.5, 0.6) is 0 Å². The van der Waals surface area contributed by atoms with Crippen LogP contribution in [0.1, 0.15) is 34.1 Å². The number of sulfone groups is 1. The quantitative estimate of drug-likeness (QED) is 0.438. The summed E-state index contributed by atoms with van der Waals surface area (Å²) in [7, 11) is -0.463. The Bertz CT molecular complexity index is 1560. The second-order valence-electron chi connectivity index (χ2n) is 9.84. The van der Waals surface area contributed by atoms with Crippen LogP contribution in [0, 0.1) is 0 Å². The number of anilines is 3. The predicted molar refractivity (Wildman–Crippen MR) is 148 cm³/mol. The second kappa shape index (κ2) is 10.6. The Balaban J connectivity index is 1.53. The van der Waals surface area contributed by atoms with Gasteiger partial charge in [-0.1, -0.05) is 6.92 Å². The van der Waals surface area contributed by atoms with Crippen molar-refractivity contribution in [3.63, 3.8) is 0 Å². The number of hydrogen-bond donors (Lipinski definition) is 2. The third-order valence-corrected chi connectivity index (χ3v) is 10.2. The van der Waals surface area contributed by atoms with Crippen molar-refractivity contribution in [2.45, 2.75) is 36.9 Å². The van der Waals surface area contributed by atoms with Crippen molar-refractivity contribution in [3.05, 3.63) is 46.5 Å². The molecular formula is C26H29F3N6O3S2. The van der Waals surface area contributed by atoms with Crippen molar-refractivity contribution in [1.82, 2.24) is 20.2 Å². The van der Waals surface area contributed by atoms with Crippen LogP contribution in [0.4, 0.5) is 30.5 Å². The third-order valence-electron chi connectivity index (χ3n) is 7.27. The van der Waals surface area contributed by atoms with Gasteiger partial charge in [0.05, 0.1) is 21.2 Å². The summed E-state index contributed by atoms with van der Waals surface area (Å²) < 4.78 is 67.6. The standard InChI is InChI=1S/C26H29F3N6O3S2/c1-4-15-11-17(35-8-7-16(14-35)30-2)5-6-19(15)32-25-31-13-18(26(27,28)29)22(33-25)20-12-21-23(39-20)24(36)34(3)9-10-40(21,37)38/h5-6,11-13,16,30H,4,7-10,14H2,1-3H3,(H,31,32,33). The molecule has 1 unspecified atom stereocenters. The van der Waals surface area contributed by atoms with Gasteiger partial charge in [-0.3, -0.25) is 4.79 Å². The van der Waals surface area contributed by atoms with E-state index in [-0.39, 0.29) is 32.9 Å². The number of halogens is 3. The van der Waals surface area contributed by atoms with Crippen molar-refractivity contribution in [1.29, 1.82) is 0 Å². The maximum atomic E-state index is 14.0. The fraction of sp³-hybridized carbons (Fsp3) is 0.423. The van der Waals surface area contributed by atoms with Crippen molar-refractivity contribution in [3.8, 4) is 10.6 Å². The van der Waals surface area contributed by atoms with Crippen LogP contribution >= 0.6 is 11.3 Å². The van der Waals surface area contributed by atoms with Gasteiger partial charge in [0, 0.05) is 50.3 Å². The molecule has 2 aromatic heterocycles. The minimum Gasteiger partial charge on any atom is -0.370 e. The zero-order valence-electron chi connectivity index (χ0n) is 22.2. The van der Waals surface area contributed by atoms with Crippen molar-refractivity contribution in [2.75, 3.05) is 49.7 Å². The number of benzene rings is 1. The van der Waals surface area contributed by atoms with Gasteiger partial charge in [0.1, 0.15) is 10.4 Å². The Morgan fingerprint density at radius 2 is 1.98 bits per heavy atom. The number of likely N-dealkylation sites (N-methyl/N-ethyl adjacent to an activating group) is 1. The number of fused-ring (bicyclic) bond motifs is 1. The number of carbonyl (C=O) groups excluding carboxylic acids is 1. The molecule has 1 saturated heterocycles. The largest absolute Gasteiger partial charge is 0.420 e. The van der Waals surface area contributed by atoms with Gasteiger partial charge in [0.25, 0.3) is 5.91 Å². The van der Waals surface area contributed by atoms with Crippen LogP contribution in [-0.2, 0) is 22.4 Å². The summed E-state index contributed by atoms with van der Waals surface area (Å²) in [5, 5.41) is 6.34. The van der Waals surface area contributed by atoms with Crippen LogP contribution in [0.15, 0.2) is 35.4 Å². The Morgan fingerprint density at radius 3 is 2.65 bits per heavy atom. The normalized spacial score (nSPS) is 19.1. The molecule has 0 radical (unpaired) electrons. The molecule has 0 bridgehead atoms. The number of hydrogen-bond acceptors (Lipinski definition) is 9. The molecule has 0 spiro atoms. The summed E-state index contributed by atoms with van der Waals surface area (Å²) in [6, 6.07) is 7.40. The van der Waals surface area contributed by atoms with Crippen LogP contribution in [-0.4, -0.2) is 74.7 Å². The fourth-order valence-electron chi connectivity index (χ4n) is 4.89. The van der Waals surface area contributed by atoms with Crippen molar-refractivity contribution < 1.29 is 26.4 Å². The molecule has 2 aliphatic heterocycles. The maximum Gasteiger partial charge on any atom is 0.420 e. The summed E-state index contributed by atoms with van der Waals surface area (Å²) in [6.45, 7) is 3.79. The minimum atomic E-state index is -4.80. The third kappa shape index (κ3) is 5.39. The van der Waals surface area contributed by atoms with Crippen molar-refractivity contribution >= 4 is 44.4 Å². The predicted octanol–water partition coefficient (Wildman–Crippen LogP) is 4.19. The lowest BCUT2D eigenvalue weighted by Gasteiger charge is -2.21. The SMILES string of the molecule is CCc1cc(N2CCC(NC)C2)ccc1Nc1ncc(C(F)(F)F)c(-c2cc3c(s2)C(=O)N(C)CCS3(=O)=O)n1. The van der Waals surface area contributed by atoms with E-state index in [1.165, 1.54) is 11.9 Å². The summed E-state index contributed by atoms with van der Waals surface area (Å²) in [5.74, 6) is -0.944. The molecule has 1 aromatic carbocycles. The molecule has 40 heavy (non-hydrogen) atoms. The first-order valence-electron chi connectivity index (χ1n) is 12.8. The Hall–Kier alpha value is -3.23. The van der Waals surface area contributed by atoms with Gasteiger partial charge in [-0.05, 0) is 49.7 Å². The molecule has 0 saturated carbocycles. The molecule has 5 rings (SSSR count). The topological polar surface area (TPSA) is 108 Å². The number of amides is 1. The monoisotopic (exact) mass is 594 g/mol. The number of alkyl halides is 3. The van der Waals surface area contributed by atoms with Crippen LogP contribution < -0.4 is 15.5 Å². The smallest absolute Gasteiger partial charge is 0.370 e. The Labute approximate surface area is 234 Å². The van der Waals surface area contributed by atoms with Gasteiger partial charge < -0.3 is 20.4 Å². The lowest BCUT2D eigenvalue weighted by Crippen LogP contribution is -2.29. The summed E-state index contributed by atoms with van der Waals surface area (Å²) >= 11 is 0.688. The number of thiophene rings is 1. The fourth-order valence-corrected chi connectivity index (χ4v) is 7.93. The number of nitrogens with zero attached hydrogens (tertiary/aromatic N) is 4.